The van der Waals surface area contributed by atoms with Crippen molar-refractivity contribution in [2.24, 2.45) is 0 Å². The third kappa shape index (κ3) is 2.65. The zero-order chi connectivity index (χ0) is 13.3. The molecule has 98 valence electrons. The molecule has 2 aromatic rings. The molecule has 0 bridgehead atoms. The molecule has 8 heteroatoms. The predicted molar refractivity (Wildman–Crippen MR) is 62.0 cm³/mol. The summed E-state index contributed by atoms with van der Waals surface area (Å²) in [4.78, 5) is 3.94. The molecule has 18 heavy (non-hydrogen) atoms. The molecular formula is C10H8F3NO2S2. The number of hydrogen-bond acceptors (Lipinski definition) is 5. The lowest BCUT2D eigenvalue weighted by atomic mass is 10.2. The first-order valence-electron chi connectivity index (χ1n) is 4.75. The van der Waals surface area contributed by atoms with Gasteiger partial charge in [-0.3, -0.25) is 0 Å². The molecule has 0 aromatic carbocycles. The SMILES string of the molecule is COc1csc(C(O)c2cnc(C(F)(F)F)s2)c1. The summed E-state index contributed by atoms with van der Waals surface area (Å²) >= 11 is 1.66. The van der Waals surface area contributed by atoms with Crippen molar-refractivity contribution in [3.63, 3.8) is 0 Å². The zero-order valence-electron chi connectivity index (χ0n) is 9.06. The highest BCUT2D eigenvalue weighted by Gasteiger charge is 2.35. The van der Waals surface area contributed by atoms with Crippen LogP contribution in [0.3, 0.4) is 0 Å². The van der Waals surface area contributed by atoms with Gasteiger partial charge in [0.25, 0.3) is 0 Å². The summed E-state index contributed by atoms with van der Waals surface area (Å²) in [6.45, 7) is 0. The fourth-order valence-corrected chi connectivity index (χ4v) is 2.99. The van der Waals surface area contributed by atoms with Gasteiger partial charge >= 0.3 is 6.18 Å². The van der Waals surface area contributed by atoms with Crippen molar-refractivity contribution < 1.29 is 23.0 Å². The lowest BCUT2D eigenvalue weighted by Gasteiger charge is -2.04. The van der Waals surface area contributed by atoms with E-state index in [4.69, 9.17) is 4.74 Å². The van der Waals surface area contributed by atoms with E-state index in [1.165, 1.54) is 18.4 Å². The van der Waals surface area contributed by atoms with Gasteiger partial charge < -0.3 is 9.84 Å². The minimum absolute atomic E-state index is 0.159. The second kappa shape index (κ2) is 4.87. The molecule has 0 spiro atoms. The smallest absolute Gasteiger partial charge is 0.443 e. The summed E-state index contributed by atoms with van der Waals surface area (Å²) in [6.07, 6.45) is -4.53. The molecule has 2 heterocycles. The van der Waals surface area contributed by atoms with Crippen LogP contribution in [0.15, 0.2) is 17.6 Å². The Morgan fingerprint density at radius 2 is 2.11 bits per heavy atom. The molecule has 0 aliphatic carbocycles. The largest absolute Gasteiger partial charge is 0.496 e. The zero-order valence-corrected chi connectivity index (χ0v) is 10.7. The molecule has 0 aliphatic heterocycles. The van der Waals surface area contributed by atoms with Gasteiger partial charge in [0.15, 0.2) is 5.01 Å². The molecule has 2 aromatic heterocycles. The number of alkyl halides is 3. The fraction of sp³-hybridized carbons (Fsp3) is 0.300. The molecule has 3 nitrogen and oxygen atoms in total. The van der Waals surface area contributed by atoms with Crippen molar-refractivity contribution >= 4 is 22.7 Å². The van der Waals surface area contributed by atoms with Crippen molar-refractivity contribution in [2.75, 3.05) is 7.11 Å². The van der Waals surface area contributed by atoms with Gasteiger partial charge in [-0.15, -0.1) is 22.7 Å². The van der Waals surface area contributed by atoms with E-state index in [0.29, 0.717) is 22.0 Å². The number of aromatic nitrogens is 1. The molecule has 0 saturated carbocycles. The number of thiophene rings is 1. The third-order valence-corrected chi connectivity index (χ3v) is 4.19. The third-order valence-electron chi connectivity index (χ3n) is 2.14. The summed E-state index contributed by atoms with van der Waals surface area (Å²) in [5.41, 5.74) is 0. The first-order valence-corrected chi connectivity index (χ1v) is 6.45. The quantitative estimate of drug-likeness (QED) is 0.944. The Morgan fingerprint density at radius 1 is 1.39 bits per heavy atom. The number of aliphatic hydroxyl groups is 1. The molecule has 1 atom stereocenters. The highest BCUT2D eigenvalue weighted by molar-refractivity contribution is 7.12. The fourth-order valence-electron chi connectivity index (χ4n) is 1.27. The maximum absolute atomic E-state index is 12.4. The van der Waals surface area contributed by atoms with Crippen LogP contribution < -0.4 is 4.74 Å². The van der Waals surface area contributed by atoms with Crippen molar-refractivity contribution in [1.29, 1.82) is 0 Å². The van der Waals surface area contributed by atoms with Crippen LogP contribution in [0, 0.1) is 0 Å². The minimum atomic E-state index is -4.48. The molecule has 0 fully saturated rings. The van der Waals surface area contributed by atoms with Crippen molar-refractivity contribution in [1.82, 2.24) is 4.98 Å². The standard InChI is InChI=1S/C10H8F3NO2S2/c1-16-5-2-6(17-4-5)8(15)7-3-14-9(18-7)10(11,12)13/h2-4,8,15H,1H3. The summed E-state index contributed by atoms with van der Waals surface area (Å²) in [6, 6.07) is 1.59. The number of hydrogen-bond donors (Lipinski definition) is 1. The van der Waals surface area contributed by atoms with Crippen LogP contribution in [-0.4, -0.2) is 17.2 Å². The molecule has 0 amide bonds. The first-order chi connectivity index (χ1) is 8.41. The van der Waals surface area contributed by atoms with Gasteiger partial charge in [-0.1, -0.05) is 0 Å². The Balaban J connectivity index is 2.23. The number of nitrogens with zero attached hydrogens (tertiary/aromatic N) is 1. The van der Waals surface area contributed by atoms with Crippen molar-refractivity contribution in [2.45, 2.75) is 12.3 Å². The number of aliphatic hydroxyl groups excluding tert-OH is 1. The Bertz CT molecular complexity index is 535. The van der Waals surface area contributed by atoms with E-state index in [9.17, 15) is 18.3 Å². The Kier molecular flexibility index (Phi) is 3.60. The van der Waals surface area contributed by atoms with Gasteiger partial charge in [-0.05, 0) is 6.07 Å². The summed E-state index contributed by atoms with van der Waals surface area (Å²) < 4.78 is 42.1. The second-order valence-electron chi connectivity index (χ2n) is 3.36. The van der Waals surface area contributed by atoms with Crippen LogP contribution in [0.25, 0.3) is 0 Å². The van der Waals surface area contributed by atoms with Crippen LogP contribution in [0.4, 0.5) is 13.2 Å². The molecular weight excluding hydrogens is 287 g/mol. The van der Waals surface area contributed by atoms with E-state index < -0.39 is 17.3 Å². The lowest BCUT2D eigenvalue weighted by Crippen LogP contribution is -2.03. The molecule has 2 rings (SSSR count). The first kappa shape index (κ1) is 13.3. The molecule has 0 radical (unpaired) electrons. The van der Waals surface area contributed by atoms with E-state index in [1.807, 2.05) is 0 Å². The molecule has 0 saturated heterocycles. The Labute approximate surface area is 108 Å². The summed E-state index contributed by atoms with van der Waals surface area (Å²) in [7, 11) is 1.48. The van der Waals surface area contributed by atoms with Gasteiger partial charge in [-0.25, -0.2) is 4.98 Å². The maximum Gasteiger partial charge on any atom is 0.443 e. The number of thiazole rings is 1. The van der Waals surface area contributed by atoms with Gasteiger partial charge in [0, 0.05) is 16.5 Å². The Hall–Kier alpha value is -1.12. The minimum Gasteiger partial charge on any atom is -0.496 e. The molecule has 1 N–H and O–H groups in total. The molecule has 0 aliphatic rings. The van der Waals surface area contributed by atoms with Crippen molar-refractivity contribution in [3.05, 3.63) is 32.4 Å². The normalized spacial score (nSPS) is 13.6. The maximum atomic E-state index is 12.4. The van der Waals surface area contributed by atoms with Crippen LogP contribution in [-0.2, 0) is 6.18 Å². The van der Waals surface area contributed by atoms with Crippen LogP contribution in [0.2, 0.25) is 0 Å². The highest BCUT2D eigenvalue weighted by atomic mass is 32.1. The molecule has 1 unspecified atom stereocenters. The monoisotopic (exact) mass is 295 g/mol. The van der Waals surface area contributed by atoms with Crippen molar-refractivity contribution in [3.8, 4) is 5.75 Å². The number of halogens is 3. The van der Waals surface area contributed by atoms with E-state index in [1.54, 1.807) is 11.4 Å². The number of rotatable bonds is 3. The summed E-state index contributed by atoms with van der Waals surface area (Å²) in [5.74, 6) is 0.564. The average molecular weight is 295 g/mol. The van der Waals surface area contributed by atoms with Crippen LogP contribution in [0.1, 0.15) is 20.9 Å². The van der Waals surface area contributed by atoms with Crippen LogP contribution >= 0.6 is 22.7 Å². The van der Waals surface area contributed by atoms with E-state index in [0.717, 1.165) is 6.20 Å². The topological polar surface area (TPSA) is 42.4 Å². The summed E-state index contributed by atoms with van der Waals surface area (Å²) in [5, 5.41) is 10.7. The van der Waals surface area contributed by atoms with Gasteiger partial charge in [-0.2, -0.15) is 13.2 Å². The van der Waals surface area contributed by atoms with Gasteiger partial charge in [0.2, 0.25) is 0 Å². The second-order valence-corrected chi connectivity index (χ2v) is 5.36. The lowest BCUT2D eigenvalue weighted by molar-refractivity contribution is -0.137. The number of methoxy groups -OCH3 is 1. The van der Waals surface area contributed by atoms with E-state index >= 15 is 0 Å². The van der Waals surface area contributed by atoms with Gasteiger partial charge in [0.05, 0.1) is 12.0 Å². The van der Waals surface area contributed by atoms with Crippen LogP contribution in [0.5, 0.6) is 5.75 Å². The predicted octanol–water partition coefficient (Wildman–Crippen LogP) is 3.31. The van der Waals surface area contributed by atoms with Gasteiger partial charge in [0.1, 0.15) is 11.9 Å². The number of ether oxygens (including phenoxy) is 1. The Morgan fingerprint density at radius 3 is 2.61 bits per heavy atom. The van der Waals surface area contributed by atoms with E-state index in [2.05, 4.69) is 4.98 Å². The van der Waals surface area contributed by atoms with E-state index in [-0.39, 0.29) is 4.88 Å². The highest BCUT2D eigenvalue weighted by Crippen LogP contribution is 2.37. The average Bonchev–Trinajstić information content (AvgIpc) is 2.96.